The number of hydrogen-bond acceptors (Lipinski definition) is 0. The molecule has 0 aliphatic heterocycles. The molecule has 2 bridgehead atoms. The van der Waals surface area contributed by atoms with Crippen LogP contribution >= 0.6 is 0 Å². The van der Waals surface area contributed by atoms with E-state index < -0.39 is 0 Å². The maximum absolute atomic E-state index is 2.31. The van der Waals surface area contributed by atoms with Gasteiger partial charge in [0.2, 0.25) is 0 Å². The average Bonchev–Trinajstić information content (AvgIpc) is 1.84. The zero-order chi connectivity index (χ0) is 8.06. The van der Waals surface area contributed by atoms with Crippen molar-refractivity contribution in [3.8, 4) is 0 Å². The Morgan fingerprint density at radius 2 is 1.82 bits per heavy atom. The van der Waals surface area contributed by atoms with Crippen LogP contribution in [0.15, 0.2) is 18.2 Å². The quantitative estimate of drug-likeness (QED) is 0.536. The molecule has 0 unspecified atom stereocenters. The van der Waals surface area contributed by atoms with E-state index in [9.17, 15) is 0 Å². The minimum atomic E-state index is 0.328. The molecule has 0 aromatic heterocycles. The Hall–Kier alpha value is -0.780. The lowest BCUT2D eigenvalue weighted by Crippen LogP contribution is -2.18. The molecule has 0 amide bonds. The van der Waals surface area contributed by atoms with Gasteiger partial charge < -0.3 is 0 Å². The number of rotatable bonds is 0. The maximum Gasteiger partial charge on any atom is -0.00226 e. The molecule has 0 saturated carbocycles. The van der Waals surface area contributed by atoms with Gasteiger partial charge >= 0.3 is 0 Å². The van der Waals surface area contributed by atoms with Crippen molar-refractivity contribution in [1.29, 1.82) is 0 Å². The van der Waals surface area contributed by atoms with Gasteiger partial charge in [0.25, 0.3) is 0 Å². The van der Waals surface area contributed by atoms with Crippen LogP contribution in [-0.4, -0.2) is 0 Å². The molecule has 58 valence electrons. The summed E-state index contributed by atoms with van der Waals surface area (Å²) >= 11 is 0. The Morgan fingerprint density at radius 1 is 1.18 bits per heavy atom. The second kappa shape index (κ2) is 1.88. The predicted molar refractivity (Wildman–Crippen MR) is 47.9 cm³/mol. The van der Waals surface area contributed by atoms with Crippen molar-refractivity contribution in [2.75, 3.05) is 0 Å². The fourth-order valence-electron chi connectivity index (χ4n) is 1.72. The van der Waals surface area contributed by atoms with Crippen molar-refractivity contribution in [2.45, 2.75) is 32.6 Å². The predicted octanol–water partition coefficient (Wildman–Crippen LogP) is 2.89. The van der Waals surface area contributed by atoms with Gasteiger partial charge in [-0.05, 0) is 28.5 Å². The van der Waals surface area contributed by atoms with Crippen LogP contribution in [0.25, 0.3) is 0 Å². The van der Waals surface area contributed by atoms with Gasteiger partial charge in [0.15, 0.2) is 0 Å². The van der Waals surface area contributed by atoms with Crippen LogP contribution in [0.3, 0.4) is 0 Å². The summed E-state index contributed by atoms with van der Waals surface area (Å²) in [5.74, 6) is 0. The smallest absolute Gasteiger partial charge is 0.00226 e. The second-order valence-electron chi connectivity index (χ2n) is 4.42. The van der Waals surface area contributed by atoms with Crippen LogP contribution in [0.4, 0.5) is 0 Å². The minimum absolute atomic E-state index is 0.328. The van der Waals surface area contributed by atoms with Crippen LogP contribution in [0.5, 0.6) is 0 Å². The molecule has 0 N–H and O–H groups in total. The Morgan fingerprint density at radius 3 is 2.09 bits per heavy atom. The number of benzene rings is 1. The Balaban J connectivity index is 2.50. The van der Waals surface area contributed by atoms with Gasteiger partial charge in [-0.15, -0.1) is 0 Å². The highest BCUT2D eigenvalue weighted by Gasteiger charge is 2.22. The maximum atomic E-state index is 2.31. The molecular weight excluding hydrogens is 132 g/mol. The minimum Gasteiger partial charge on any atom is -0.0584 e. The molecule has 0 atom stereocenters. The zero-order valence-corrected chi connectivity index (χ0v) is 7.44. The highest BCUT2D eigenvalue weighted by Crippen LogP contribution is 2.33. The first-order chi connectivity index (χ1) is 5.07. The van der Waals surface area contributed by atoms with Crippen LogP contribution in [-0.2, 0) is 11.8 Å². The average molecular weight is 146 g/mol. The van der Waals surface area contributed by atoms with E-state index in [1.54, 1.807) is 5.56 Å². The molecule has 2 aliphatic carbocycles. The van der Waals surface area contributed by atoms with Crippen molar-refractivity contribution in [2.24, 2.45) is 0 Å². The van der Waals surface area contributed by atoms with E-state index in [1.165, 1.54) is 17.5 Å². The topological polar surface area (TPSA) is 0 Å². The fourth-order valence-corrected chi connectivity index (χ4v) is 1.72. The number of fused-ring (bicyclic) bond motifs is 2. The van der Waals surface area contributed by atoms with E-state index in [0.717, 1.165) is 0 Å². The normalized spacial score (nSPS) is 14.5. The Bertz CT molecular complexity index is 286. The third-order valence-corrected chi connectivity index (χ3v) is 2.37. The van der Waals surface area contributed by atoms with Gasteiger partial charge in [0.05, 0.1) is 0 Å². The summed E-state index contributed by atoms with van der Waals surface area (Å²) < 4.78 is 0. The molecule has 2 aliphatic rings. The van der Waals surface area contributed by atoms with E-state index >= 15 is 0 Å². The third kappa shape index (κ3) is 0.973. The lowest BCUT2D eigenvalue weighted by Gasteiger charge is -2.28. The summed E-state index contributed by atoms with van der Waals surface area (Å²) in [5.41, 5.74) is 4.89. The summed E-state index contributed by atoms with van der Waals surface area (Å²) in [6.07, 6.45) is 1.21. The summed E-state index contributed by atoms with van der Waals surface area (Å²) in [6.45, 7) is 6.82. The molecule has 0 spiro atoms. The van der Waals surface area contributed by atoms with Crippen LogP contribution < -0.4 is 0 Å². The molecule has 0 heterocycles. The molecule has 11 heavy (non-hydrogen) atoms. The zero-order valence-electron chi connectivity index (χ0n) is 7.44. The van der Waals surface area contributed by atoms with E-state index in [1.807, 2.05) is 0 Å². The first-order valence-electron chi connectivity index (χ1n) is 4.20. The summed E-state index contributed by atoms with van der Waals surface area (Å²) in [4.78, 5) is 0. The lowest BCUT2D eigenvalue weighted by molar-refractivity contribution is 0.580. The van der Waals surface area contributed by atoms with E-state index in [2.05, 4.69) is 39.0 Å². The molecule has 1 aromatic rings. The summed E-state index contributed by atoms with van der Waals surface area (Å²) in [6, 6.07) is 6.82. The lowest BCUT2D eigenvalue weighted by atomic mass is 9.77. The van der Waals surface area contributed by atoms with Gasteiger partial charge in [-0.2, -0.15) is 0 Å². The molecule has 0 saturated heterocycles. The number of hydrogen-bond donors (Lipinski definition) is 0. The Kier molecular flexibility index (Phi) is 1.18. The van der Waals surface area contributed by atoms with Crippen molar-refractivity contribution in [3.05, 3.63) is 34.9 Å². The van der Waals surface area contributed by atoms with Gasteiger partial charge in [-0.3, -0.25) is 0 Å². The van der Waals surface area contributed by atoms with E-state index in [0.29, 0.717) is 5.41 Å². The van der Waals surface area contributed by atoms with Crippen molar-refractivity contribution in [1.82, 2.24) is 0 Å². The standard InChI is InChI=1S/C11H14/c1-11(2,3)10-5-4-8-6-9(10)7-8/h4-6H,7H2,1-3H3. The fraction of sp³-hybridized carbons (Fsp3) is 0.455. The molecular formula is C11H14. The first-order valence-corrected chi connectivity index (χ1v) is 4.20. The van der Waals surface area contributed by atoms with E-state index in [-0.39, 0.29) is 0 Å². The SMILES string of the molecule is CC(C)(C)c1ccc2cc1C2. The highest BCUT2D eigenvalue weighted by atomic mass is 14.3. The van der Waals surface area contributed by atoms with Crippen LogP contribution in [0.1, 0.15) is 37.5 Å². The molecule has 0 radical (unpaired) electrons. The van der Waals surface area contributed by atoms with Crippen molar-refractivity contribution in [3.63, 3.8) is 0 Å². The molecule has 3 rings (SSSR count). The monoisotopic (exact) mass is 146 g/mol. The van der Waals surface area contributed by atoms with Gasteiger partial charge in [0, 0.05) is 0 Å². The van der Waals surface area contributed by atoms with Crippen molar-refractivity contribution >= 4 is 0 Å². The third-order valence-electron chi connectivity index (χ3n) is 2.37. The molecule has 0 nitrogen and oxygen atoms in total. The van der Waals surface area contributed by atoms with E-state index in [4.69, 9.17) is 0 Å². The summed E-state index contributed by atoms with van der Waals surface area (Å²) in [7, 11) is 0. The van der Waals surface area contributed by atoms with Gasteiger partial charge in [-0.25, -0.2) is 0 Å². The largest absolute Gasteiger partial charge is 0.0584 e. The Labute approximate surface area is 68.3 Å². The molecule has 0 fully saturated rings. The van der Waals surface area contributed by atoms with Crippen LogP contribution in [0.2, 0.25) is 0 Å². The second-order valence-corrected chi connectivity index (χ2v) is 4.42. The van der Waals surface area contributed by atoms with Gasteiger partial charge in [0.1, 0.15) is 0 Å². The summed E-state index contributed by atoms with van der Waals surface area (Å²) in [5, 5.41) is 0. The molecule has 1 aromatic carbocycles. The van der Waals surface area contributed by atoms with Crippen molar-refractivity contribution < 1.29 is 0 Å². The van der Waals surface area contributed by atoms with Gasteiger partial charge in [-0.1, -0.05) is 39.0 Å². The first kappa shape index (κ1) is 6.90. The molecule has 0 heteroatoms. The van der Waals surface area contributed by atoms with Crippen LogP contribution in [0, 0.1) is 0 Å². The highest BCUT2D eigenvalue weighted by molar-refractivity contribution is 5.46.